The van der Waals surface area contributed by atoms with Crippen molar-refractivity contribution in [3.8, 4) is 11.6 Å². The summed E-state index contributed by atoms with van der Waals surface area (Å²) in [5, 5.41) is 2.83. The van der Waals surface area contributed by atoms with E-state index in [9.17, 15) is 4.79 Å². The lowest BCUT2D eigenvalue weighted by atomic mass is 10.2. The normalized spacial score (nSPS) is 10.2. The van der Waals surface area contributed by atoms with Crippen molar-refractivity contribution < 1.29 is 9.53 Å². The minimum atomic E-state index is -0.233. The smallest absolute Gasteiger partial charge is 0.257 e. The van der Waals surface area contributed by atoms with E-state index in [0.717, 1.165) is 8.95 Å². The van der Waals surface area contributed by atoms with E-state index in [-0.39, 0.29) is 5.91 Å². The van der Waals surface area contributed by atoms with Crippen molar-refractivity contribution in [2.45, 2.75) is 0 Å². The number of amides is 1. The van der Waals surface area contributed by atoms with Gasteiger partial charge in [0.05, 0.1) is 11.3 Å². The number of aromatic nitrogens is 1. The Morgan fingerprint density at radius 3 is 2.54 bits per heavy atom. The van der Waals surface area contributed by atoms with E-state index in [0.29, 0.717) is 22.9 Å². The highest BCUT2D eigenvalue weighted by Crippen LogP contribution is 2.24. The zero-order valence-electron chi connectivity index (χ0n) is 12.4. The third-order valence-electron chi connectivity index (χ3n) is 3.14. The average molecular weight is 448 g/mol. The molecule has 1 heterocycles. The Kier molecular flexibility index (Phi) is 5.27. The van der Waals surface area contributed by atoms with Gasteiger partial charge in [-0.25, -0.2) is 4.98 Å². The van der Waals surface area contributed by atoms with Crippen LogP contribution in [0.25, 0.3) is 0 Å². The fraction of sp³-hybridized carbons (Fsp3) is 0. The minimum absolute atomic E-state index is 0.233. The number of hydrogen-bond donors (Lipinski definition) is 1. The molecule has 0 aliphatic heterocycles. The molecule has 0 aliphatic carbocycles. The summed E-state index contributed by atoms with van der Waals surface area (Å²) in [5.41, 5.74) is 1.16. The van der Waals surface area contributed by atoms with E-state index < -0.39 is 0 Å². The van der Waals surface area contributed by atoms with Gasteiger partial charge in [0, 0.05) is 21.2 Å². The molecule has 0 saturated carbocycles. The predicted octanol–water partition coefficient (Wildman–Crippen LogP) is 5.65. The first-order valence-electron chi connectivity index (χ1n) is 7.07. The summed E-state index contributed by atoms with van der Waals surface area (Å²) in [5.74, 6) is 0.858. The van der Waals surface area contributed by atoms with Crippen LogP contribution in [0.4, 0.5) is 5.69 Å². The molecular weight excluding hydrogens is 436 g/mol. The summed E-state index contributed by atoms with van der Waals surface area (Å²) < 4.78 is 7.39. The van der Waals surface area contributed by atoms with Crippen LogP contribution >= 0.6 is 31.9 Å². The number of nitrogens with zero attached hydrogens (tertiary/aromatic N) is 1. The second kappa shape index (κ2) is 7.59. The molecule has 0 atom stereocenters. The van der Waals surface area contributed by atoms with Gasteiger partial charge in [0.1, 0.15) is 5.75 Å². The van der Waals surface area contributed by atoms with Crippen molar-refractivity contribution >= 4 is 43.5 Å². The molecule has 1 amide bonds. The monoisotopic (exact) mass is 446 g/mol. The molecule has 24 heavy (non-hydrogen) atoms. The first kappa shape index (κ1) is 16.7. The molecule has 0 saturated heterocycles. The quantitative estimate of drug-likeness (QED) is 0.562. The van der Waals surface area contributed by atoms with Gasteiger partial charge in [0.15, 0.2) is 0 Å². The second-order valence-corrected chi connectivity index (χ2v) is 6.65. The van der Waals surface area contributed by atoms with Crippen molar-refractivity contribution in [3.05, 3.63) is 81.4 Å². The molecule has 3 aromatic rings. The molecule has 120 valence electrons. The van der Waals surface area contributed by atoms with Gasteiger partial charge < -0.3 is 10.1 Å². The highest BCUT2D eigenvalue weighted by molar-refractivity contribution is 9.10. The molecule has 0 aliphatic rings. The fourth-order valence-electron chi connectivity index (χ4n) is 1.98. The zero-order chi connectivity index (χ0) is 16.9. The summed E-state index contributed by atoms with van der Waals surface area (Å²) in [6, 6.07) is 18.2. The largest absolute Gasteiger partial charge is 0.439 e. The van der Waals surface area contributed by atoms with Crippen molar-refractivity contribution in [2.24, 2.45) is 0 Å². The lowest BCUT2D eigenvalue weighted by Gasteiger charge is -2.08. The van der Waals surface area contributed by atoms with Crippen LogP contribution in [0.5, 0.6) is 11.6 Å². The van der Waals surface area contributed by atoms with E-state index >= 15 is 0 Å². The molecule has 1 aromatic heterocycles. The minimum Gasteiger partial charge on any atom is -0.439 e. The van der Waals surface area contributed by atoms with Crippen LogP contribution in [0, 0.1) is 0 Å². The lowest BCUT2D eigenvalue weighted by molar-refractivity contribution is 0.102. The molecule has 2 aromatic carbocycles. The summed E-state index contributed by atoms with van der Waals surface area (Å²) >= 11 is 6.78. The van der Waals surface area contributed by atoms with Gasteiger partial charge in [-0.1, -0.05) is 34.1 Å². The number of rotatable bonds is 4. The summed E-state index contributed by atoms with van der Waals surface area (Å²) in [6.07, 6.45) is 1.49. The van der Waals surface area contributed by atoms with Gasteiger partial charge in [-0.2, -0.15) is 0 Å². The number of carbonyl (C=O) groups excluding carboxylic acids is 1. The first-order valence-corrected chi connectivity index (χ1v) is 8.66. The van der Waals surface area contributed by atoms with Gasteiger partial charge in [0.2, 0.25) is 5.88 Å². The Labute approximate surface area is 156 Å². The van der Waals surface area contributed by atoms with Crippen LogP contribution in [0.1, 0.15) is 10.4 Å². The van der Waals surface area contributed by atoms with Crippen LogP contribution in [0.2, 0.25) is 0 Å². The SMILES string of the molecule is O=C(Nc1ccccc1Br)c1ccc(Oc2cccc(Br)c2)nc1. The van der Waals surface area contributed by atoms with Crippen molar-refractivity contribution in [1.82, 2.24) is 4.98 Å². The Hall–Kier alpha value is -2.18. The Morgan fingerprint density at radius 2 is 1.83 bits per heavy atom. The topological polar surface area (TPSA) is 51.2 Å². The van der Waals surface area contributed by atoms with Crippen LogP contribution in [-0.4, -0.2) is 10.9 Å². The molecule has 0 spiro atoms. The highest BCUT2D eigenvalue weighted by Gasteiger charge is 2.09. The summed E-state index contributed by atoms with van der Waals surface area (Å²) in [7, 11) is 0. The van der Waals surface area contributed by atoms with Gasteiger partial charge >= 0.3 is 0 Å². The Morgan fingerprint density at radius 1 is 1.00 bits per heavy atom. The molecule has 3 rings (SSSR count). The van der Waals surface area contributed by atoms with Gasteiger partial charge in [0.25, 0.3) is 5.91 Å². The Balaban J connectivity index is 1.70. The maximum Gasteiger partial charge on any atom is 0.257 e. The molecule has 0 unspecified atom stereocenters. The lowest BCUT2D eigenvalue weighted by Crippen LogP contribution is -2.12. The van der Waals surface area contributed by atoms with Crippen LogP contribution in [0.3, 0.4) is 0 Å². The van der Waals surface area contributed by atoms with Crippen LogP contribution < -0.4 is 10.1 Å². The van der Waals surface area contributed by atoms with Gasteiger partial charge in [-0.05, 0) is 52.3 Å². The van der Waals surface area contributed by atoms with E-state index in [1.165, 1.54) is 6.20 Å². The van der Waals surface area contributed by atoms with Crippen molar-refractivity contribution in [1.29, 1.82) is 0 Å². The van der Waals surface area contributed by atoms with Gasteiger partial charge in [-0.15, -0.1) is 0 Å². The van der Waals surface area contributed by atoms with Crippen LogP contribution in [-0.2, 0) is 0 Å². The highest BCUT2D eigenvalue weighted by atomic mass is 79.9. The average Bonchev–Trinajstić information content (AvgIpc) is 2.57. The standard InChI is InChI=1S/C18H12Br2N2O2/c19-13-4-3-5-14(10-13)24-17-9-8-12(11-21-17)18(23)22-16-7-2-1-6-15(16)20/h1-11H,(H,22,23). The zero-order valence-corrected chi connectivity index (χ0v) is 15.5. The predicted molar refractivity (Wildman–Crippen MR) is 101 cm³/mol. The molecule has 4 nitrogen and oxygen atoms in total. The molecule has 0 radical (unpaired) electrons. The molecule has 0 fully saturated rings. The molecular formula is C18H12Br2N2O2. The maximum absolute atomic E-state index is 12.3. The number of anilines is 1. The molecule has 0 bridgehead atoms. The number of hydrogen-bond acceptors (Lipinski definition) is 3. The van der Waals surface area contributed by atoms with E-state index in [1.54, 1.807) is 12.1 Å². The van der Waals surface area contributed by atoms with Crippen LogP contribution in [0.15, 0.2) is 75.8 Å². The maximum atomic E-state index is 12.3. The third-order valence-corrected chi connectivity index (χ3v) is 4.32. The molecule has 6 heteroatoms. The third kappa shape index (κ3) is 4.21. The number of pyridine rings is 1. The number of carbonyl (C=O) groups is 1. The number of nitrogens with one attached hydrogen (secondary N) is 1. The van der Waals surface area contributed by atoms with E-state index in [2.05, 4.69) is 42.2 Å². The van der Waals surface area contributed by atoms with E-state index in [1.807, 2.05) is 48.5 Å². The number of benzene rings is 2. The number of halogens is 2. The Bertz CT molecular complexity index is 867. The number of para-hydroxylation sites is 1. The van der Waals surface area contributed by atoms with Crippen molar-refractivity contribution in [3.63, 3.8) is 0 Å². The molecule has 1 N–H and O–H groups in total. The van der Waals surface area contributed by atoms with Gasteiger partial charge in [-0.3, -0.25) is 4.79 Å². The van der Waals surface area contributed by atoms with E-state index in [4.69, 9.17) is 4.74 Å². The summed E-state index contributed by atoms with van der Waals surface area (Å²) in [6.45, 7) is 0. The summed E-state index contributed by atoms with van der Waals surface area (Å²) in [4.78, 5) is 16.4. The fourth-order valence-corrected chi connectivity index (χ4v) is 2.75. The van der Waals surface area contributed by atoms with Crippen molar-refractivity contribution in [2.75, 3.05) is 5.32 Å². The second-order valence-electron chi connectivity index (χ2n) is 4.88. The first-order chi connectivity index (χ1) is 11.6. The number of ether oxygens (including phenoxy) is 1.